The first kappa shape index (κ1) is 14.9. The summed E-state index contributed by atoms with van der Waals surface area (Å²) in [5.74, 6) is 0. The summed E-state index contributed by atoms with van der Waals surface area (Å²) in [5.41, 5.74) is 0.133. The van der Waals surface area contributed by atoms with E-state index in [1.54, 1.807) is 20.8 Å². The van der Waals surface area contributed by atoms with Crippen molar-refractivity contribution in [1.82, 2.24) is 0 Å². The van der Waals surface area contributed by atoms with Crippen molar-refractivity contribution in [3.05, 3.63) is 40.8 Å². The van der Waals surface area contributed by atoms with Crippen LogP contribution in [0.3, 0.4) is 0 Å². The monoisotopic (exact) mass is 265 g/mol. The van der Waals surface area contributed by atoms with E-state index in [9.17, 15) is 14.9 Å². The van der Waals surface area contributed by atoms with E-state index in [2.05, 4.69) is 6.92 Å². The van der Waals surface area contributed by atoms with Gasteiger partial charge in [0.1, 0.15) is 5.60 Å². The second-order valence-corrected chi connectivity index (χ2v) is 5.11. The number of nitrogens with zero attached hydrogens (tertiary/aromatic N) is 2. The van der Waals surface area contributed by atoms with Crippen molar-refractivity contribution in [3.8, 4) is 0 Å². The average Bonchev–Trinajstić information content (AvgIpc) is 2.26. The minimum atomic E-state index is -0.632. The zero-order valence-corrected chi connectivity index (χ0v) is 11.5. The molecule has 0 fully saturated rings. The van der Waals surface area contributed by atoms with Gasteiger partial charge in [0, 0.05) is 19.2 Å². The third-order valence-corrected chi connectivity index (χ3v) is 2.31. The Balaban J connectivity index is 3.05. The molecule has 6 nitrogen and oxygen atoms in total. The fourth-order valence-electron chi connectivity index (χ4n) is 1.41. The Morgan fingerprint density at radius 3 is 2.47 bits per heavy atom. The van der Waals surface area contributed by atoms with E-state index < -0.39 is 16.6 Å². The second-order valence-electron chi connectivity index (χ2n) is 5.11. The molecule has 0 bridgehead atoms. The van der Waals surface area contributed by atoms with Crippen LogP contribution in [-0.2, 0) is 4.74 Å². The zero-order valence-electron chi connectivity index (χ0n) is 11.5. The van der Waals surface area contributed by atoms with Crippen LogP contribution < -0.4 is 4.90 Å². The number of nitro groups is 1. The van der Waals surface area contributed by atoms with Crippen molar-refractivity contribution in [3.63, 3.8) is 0 Å². The largest absolute Gasteiger partial charge is 0.443 e. The summed E-state index contributed by atoms with van der Waals surface area (Å²) >= 11 is 0. The summed E-state index contributed by atoms with van der Waals surface area (Å²) < 4.78 is 5.20. The van der Waals surface area contributed by atoms with E-state index in [0.29, 0.717) is 11.3 Å². The van der Waals surface area contributed by atoms with E-state index in [1.807, 2.05) is 0 Å². The number of nitro benzene ring substituents is 1. The van der Waals surface area contributed by atoms with Gasteiger partial charge in [-0.2, -0.15) is 0 Å². The minimum absolute atomic E-state index is 0.0993. The number of hydrogen-bond donors (Lipinski definition) is 0. The van der Waals surface area contributed by atoms with Crippen LogP contribution in [0.15, 0.2) is 18.2 Å². The van der Waals surface area contributed by atoms with Crippen LogP contribution in [0, 0.1) is 17.0 Å². The van der Waals surface area contributed by atoms with Gasteiger partial charge in [0.15, 0.2) is 0 Å². The summed E-state index contributed by atoms with van der Waals surface area (Å²) in [6.07, 6.45) is -0.585. The second kappa shape index (κ2) is 5.26. The third-order valence-electron chi connectivity index (χ3n) is 2.31. The van der Waals surface area contributed by atoms with Crippen LogP contribution in [0.5, 0.6) is 0 Å². The van der Waals surface area contributed by atoms with Gasteiger partial charge >= 0.3 is 6.09 Å². The molecule has 1 rings (SSSR count). The number of benzene rings is 1. The molecule has 0 aromatic heterocycles. The van der Waals surface area contributed by atoms with Crippen LogP contribution >= 0.6 is 0 Å². The topological polar surface area (TPSA) is 72.7 Å². The highest BCUT2D eigenvalue weighted by atomic mass is 16.6. The lowest BCUT2D eigenvalue weighted by Crippen LogP contribution is -2.34. The molecular weight excluding hydrogens is 248 g/mol. The highest BCUT2D eigenvalue weighted by Crippen LogP contribution is 2.25. The number of non-ortho nitro benzene ring substituents is 1. The quantitative estimate of drug-likeness (QED) is 0.608. The third kappa shape index (κ3) is 3.94. The molecule has 19 heavy (non-hydrogen) atoms. The van der Waals surface area contributed by atoms with Crippen LogP contribution in [-0.4, -0.2) is 23.7 Å². The van der Waals surface area contributed by atoms with Gasteiger partial charge in [-0.1, -0.05) is 6.07 Å². The average molecular weight is 265 g/mol. The maximum atomic E-state index is 11.9. The van der Waals surface area contributed by atoms with Crippen LogP contribution in [0.4, 0.5) is 16.2 Å². The highest BCUT2D eigenvalue weighted by molar-refractivity contribution is 5.89. The maximum Gasteiger partial charge on any atom is 0.414 e. The smallest absolute Gasteiger partial charge is 0.414 e. The van der Waals surface area contributed by atoms with Gasteiger partial charge < -0.3 is 4.74 Å². The fraction of sp³-hybridized carbons (Fsp3) is 0.385. The van der Waals surface area contributed by atoms with E-state index in [1.165, 1.54) is 30.1 Å². The van der Waals surface area contributed by atoms with Gasteiger partial charge in [0.2, 0.25) is 0 Å². The zero-order chi connectivity index (χ0) is 14.8. The van der Waals surface area contributed by atoms with Gasteiger partial charge in [-0.25, -0.2) is 4.79 Å². The first-order valence-electron chi connectivity index (χ1n) is 5.69. The van der Waals surface area contributed by atoms with Crippen molar-refractivity contribution in [2.24, 2.45) is 0 Å². The SMILES string of the molecule is [CH2]c1ccc([N+](=O)[O-])cc1N(C)C(=O)OC(C)(C)C. The molecule has 103 valence electrons. The maximum absolute atomic E-state index is 11.9. The van der Waals surface area contributed by atoms with Gasteiger partial charge in [-0.05, 0) is 33.3 Å². The highest BCUT2D eigenvalue weighted by Gasteiger charge is 2.22. The molecule has 1 aromatic rings. The molecule has 1 radical (unpaired) electrons. The summed E-state index contributed by atoms with van der Waals surface area (Å²) in [5, 5.41) is 10.7. The molecule has 6 heteroatoms. The fourth-order valence-corrected chi connectivity index (χ4v) is 1.41. The first-order valence-corrected chi connectivity index (χ1v) is 5.69. The van der Waals surface area contributed by atoms with Crippen molar-refractivity contribution in [2.45, 2.75) is 26.4 Å². The Hall–Kier alpha value is -2.11. The lowest BCUT2D eigenvalue weighted by Gasteiger charge is -2.25. The van der Waals surface area contributed by atoms with Crippen LogP contribution in [0.1, 0.15) is 26.3 Å². The summed E-state index contributed by atoms with van der Waals surface area (Å²) in [4.78, 5) is 23.3. The Bertz CT molecular complexity index is 506. The molecule has 0 heterocycles. The molecule has 0 aliphatic carbocycles. The summed E-state index contributed by atoms with van der Waals surface area (Å²) in [6, 6.07) is 4.13. The van der Waals surface area contributed by atoms with Gasteiger partial charge in [0.05, 0.1) is 10.6 Å². The first-order chi connectivity index (χ1) is 8.61. The van der Waals surface area contributed by atoms with Crippen LogP contribution in [0.25, 0.3) is 0 Å². The predicted molar refractivity (Wildman–Crippen MR) is 72.2 cm³/mol. The molecule has 0 saturated carbocycles. The molecule has 0 spiro atoms. The van der Waals surface area contributed by atoms with E-state index in [0.717, 1.165) is 0 Å². The lowest BCUT2D eigenvalue weighted by atomic mass is 10.1. The molecule has 0 atom stereocenters. The molecule has 0 aliphatic rings. The number of hydrogen-bond acceptors (Lipinski definition) is 4. The predicted octanol–water partition coefficient (Wildman–Crippen LogP) is 3.15. The Labute approximate surface area is 112 Å². The van der Waals surface area contributed by atoms with Crippen LogP contribution in [0.2, 0.25) is 0 Å². The van der Waals surface area contributed by atoms with Gasteiger partial charge in [-0.15, -0.1) is 0 Å². The molecular formula is C13H17N2O4. The van der Waals surface area contributed by atoms with E-state index in [4.69, 9.17) is 4.74 Å². The molecule has 0 unspecified atom stereocenters. The van der Waals surface area contributed by atoms with Gasteiger partial charge in [-0.3, -0.25) is 15.0 Å². The van der Waals surface area contributed by atoms with E-state index in [-0.39, 0.29) is 5.69 Å². The normalized spacial score (nSPS) is 11.0. The number of ether oxygens (including phenoxy) is 1. The minimum Gasteiger partial charge on any atom is -0.443 e. The Morgan fingerprint density at radius 1 is 1.42 bits per heavy atom. The standard InChI is InChI=1S/C13H17N2O4/c1-9-6-7-10(15(17)18)8-11(9)14(5)12(16)19-13(2,3)4/h6-8H,1H2,2-5H3. The Morgan fingerprint density at radius 2 is 2.00 bits per heavy atom. The number of carbonyl (C=O) groups excluding carboxylic acids is 1. The molecule has 1 aromatic carbocycles. The van der Waals surface area contributed by atoms with Crippen molar-refractivity contribution in [1.29, 1.82) is 0 Å². The number of amides is 1. The van der Waals surface area contributed by atoms with Crippen molar-refractivity contribution in [2.75, 3.05) is 11.9 Å². The summed E-state index contributed by atoms with van der Waals surface area (Å²) in [7, 11) is 1.49. The number of rotatable bonds is 2. The summed E-state index contributed by atoms with van der Waals surface area (Å²) in [6.45, 7) is 8.99. The lowest BCUT2D eigenvalue weighted by molar-refractivity contribution is -0.384. The van der Waals surface area contributed by atoms with Gasteiger partial charge in [0.25, 0.3) is 5.69 Å². The van der Waals surface area contributed by atoms with Crippen molar-refractivity contribution < 1.29 is 14.5 Å². The molecule has 0 N–H and O–H groups in total. The number of carbonyl (C=O) groups is 1. The molecule has 0 saturated heterocycles. The van der Waals surface area contributed by atoms with Crippen molar-refractivity contribution >= 4 is 17.5 Å². The molecule has 1 amide bonds. The Kier molecular flexibility index (Phi) is 4.14. The number of anilines is 1. The van der Waals surface area contributed by atoms with E-state index >= 15 is 0 Å². The molecule has 0 aliphatic heterocycles.